The van der Waals surface area contributed by atoms with Gasteiger partial charge in [-0.15, -0.1) is 0 Å². The molecule has 2 bridgehead atoms. The van der Waals surface area contributed by atoms with Crippen molar-refractivity contribution in [1.29, 1.82) is 0 Å². The van der Waals surface area contributed by atoms with Gasteiger partial charge in [-0.05, 0) is 44.7 Å². The molecule has 41 heavy (non-hydrogen) atoms. The van der Waals surface area contributed by atoms with Crippen molar-refractivity contribution in [1.82, 2.24) is 4.98 Å². The summed E-state index contributed by atoms with van der Waals surface area (Å²) in [5.41, 5.74) is -3.90. The molecule has 1 aromatic heterocycles. The minimum Gasteiger partial charge on any atom is -0.465 e. The van der Waals surface area contributed by atoms with Gasteiger partial charge in [0.15, 0.2) is 6.10 Å². The van der Waals surface area contributed by atoms with Crippen LogP contribution in [0.2, 0.25) is 0 Å². The molecule has 8 atom stereocenters. The number of carbonyl (C=O) groups excluding carboxylic acids is 5. The van der Waals surface area contributed by atoms with Crippen molar-refractivity contribution in [3.63, 3.8) is 0 Å². The molecule has 224 valence electrons. The van der Waals surface area contributed by atoms with Gasteiger partial charge in [0.25, 0.3) is 0 Å². The van der Waals surface area contributed by atoms with Crippen molar-refractivity contribution in [3.05, 3.63) is 30.1 Å². The molecule has 1 aromatic rings. The summed E-state index contributed by atoms with van der Waals surface area (Å²) in [5, 5.41) is 0. The van der Waals surface area contributed by atoms with E-state index in [1.807, 2.05) is 20.8 Å². The number of pyridine rings is 1. The van der Waals surface area contributed by atoms with Crippen LogP contribution in [0.15, 0.2) is 24.5 Å². The van der Waals surface area contributed by atoms with Crippen LogP contribution in [0.1, 0.15) is 71.7 Å². The summed E-state index contributed by atoms with van der Waals surface area (Å²) in [6.45, 7) is 9.99. The summed E-state index contributed by atoms with van der Waals surface area (Å²) in [5.74, 6) is -4.26. The molecule has 3 fully saturated rings. The number of ether oxygens (including phenoxy) is 6. The van der Waals surface area contributed by atoms with E-state index in [9.17, 15) is 24.0 Å². The van der Waals surface area contributed by atoms with E-state index in [1.54, 1.807) is 6.07 Å². The van der Waals surface area contributed by atoms with E-state index in [4.69, 9.17) is 28.4 Å². The average Bonchev–Trinajstić information content (AvgIpc) is 3.03. The van der Waals surface area contributed by atoms with E-state index in [0.717, 1.165) is 0 Å². The minimum absolute atomic E-state index is 0.0945. The number of nitrogens with zero attached hydrogens (tertiary/aromatic N) is 1. The highest BCUT2D eigenvalue weighted by molar-refractivity contribution is 5.89. The Morgan fingerprint density at radius 3 is 2.10 bits per heavy atom. The Bertz CT molecular complexity index is 1220. The topological polar surface area (TPSA) is 154 Å². The van der Waals surface area contributed by atoms with Crippen LogP contribution in [0, 0.1) is 17.3 Å². The molecule has 12 nitrogen and oxygen atoms in total. The third-order valence-corrected chi connectivity index (χ3v) is 8.61. The monoisotopic (exact) mass is 575 g/mol. The van der Waals surface area contributed by atoms with Crippen molar-refractivity contribution in [2.45, 2.75) is 96.9 Å². The highest BCUT2D eigenvalue weighted by atomic mass is 16.6. The first-order valence-electron chi connectivity index (χ1n) is 13.6. The van der Waals surface area contributed by atoms with Gasteiger partial charge in [0.05, 0.1) is 11.2 Å². The lowest BCUT2D eigenvalue weighted by molar-refractivity contribution is -0.319. The van der Waals surface area contributed by atoms with Crippen LogP contribution in [-0.2, 0) is 47.6 Å². The van der Waals surface area contributed by atoms with Crippen LogP contribution in [0.5, 0.6) is 0 Å². The van der Waals surface area contributed by atoms with Crippen molar-refractivity contribution < 1.29 is 52.4 Å². The molecule has 1 spiro atoms. The van der Waals surface area contributed by atoms with Gasteiger partial charge in [0.2, 0.25) is 0 Å². The Kier molecular flexibility index (Phi) is 8.19. The SMILES string of the molecule is CC(=O)OCC12C(OC(=O)c3cccnc3)CC3C(OC(C)=O)C1(OC3(C)C)C(C)CC(OC(C)=O)C2OC(C)=O. The molecule has 3 aliphatic rings. The number of fused-ring (bicyclic) bond motifs is 1. The molecular weight excluding hydrogens is 538 g/mol. The Balaban J connectivity index is 2.01. The van der Waals surface area contributed by atoms with E-state index in [-0.39, 0.29) is 18.4 Å². The second-order valence-corrected chi connectivity index (χ2v) is 11.6. The lowest BCUT2D eigenvalue weighted by atomic mass is 9.47. The highest BCUT2D eigenvalue weighted by Crippen LogP contribution is 2.68. The number of hydrogen-bond donors (Lipinski definition) is 0. The van der Waals surface area contributed by atoms with Crippen molar-refractivity contribution >= 4 is 29.8 Å². The zero-order valence-corrected chi connectivity index (χ0v) is 24.3. The van der Waals surface area contributed by atoms with E-state index >= 15 is 0 Å². The summed E-state index contributed by atoms with van der Waals surface area (Å²) in [6.07, 6.45) is -1.21. The van der Waals surface area contributed by atoms with Gasteiger partial charge in [-0.3, -0.25) is 24.2 Å². The standard InChI is InChI=1S/C29H37NO11/c1-15-11-22(37-17(3)32)25(39-19(5)34)28(14-36-16(2)31)23(40-26(35)20-9-8-10-30-13-20)12-21-24(38-18(4)33)29(15,28)41-27(21,6)7/h8-10,13,15,21-25H,11-12,14H2,1-7H3. The minimum atomic E-state index is -1.66. The third kappa shape index (κ3) is 5.18. The van der Waals surface area contributed by atoms with Crippen LogP contribution < -0.4 is 0 Å². The number of hydrogen-bond acceptors (Lipinski definition) is 12. The molecule has 8 unspecified atom stereocenters. The second kappa shape index (κ2) is 11.0. The zero-order chi connectivity index (χ0) is 30.3. The number of esters is 5. The molecule has 0 amide bonds. The summed E-state index contributed by atoms with van der Waals surface area (Å²) >= 11 is 0. The Morgan fingerprint density at radius 1 is 0.902 bits per heavy atom. The molecule has 0 N–H and O–H groups in total. The Morgan fingerprint density at radius 2 is 1.54 bits per heavy atom. The van der Waals surface area contributed by atoms with E-state index < -0.39 is 89.3 Å². The first kappa shape index (κ1) is 30.4. The molecule has 2 aliphatic carbocycles. The predicted molar refractivity (Wildman–Crippen MR) is 139 cm³/mol. The lowest BCUT2D eigenvalue weighted by Gasteiger charge is -2.63. The Hall–Kier alpha value is -3.54. The molecule has 2 heterocycles. The van der Waals surface area contributed by atoms with E-state index in [0.29, 0.717) is 0 Å². The van der Waals surface area contributed by atoms with Gasteiger partial charge in [-0.2, -0.15) is 0 Å². The van der Waals surface area contributed by atoms with Crippen molar-refractivity contribution in [2.75, 3.05) is 6.61 Å². The van der Waals surface area contributed by atoms with Crippen molar-refractivity contribution in [3.8, 4) is 0 Å². The summed E-state index contributed by atoms with van der Waals surface area (Å²) in [7, 11) is 0. The molecule has 1 aliphatic heterocycles. The number of aromatic nitrogens is 1. The fourth-order valence-electron chi connectivity index (χ4n) is 7.29. The van der Waals surface area contributed by atoms with Crippen LogP contribution in [0.25, 0.3) is 0 Å². The third-order valence-electron chi connectivity index (χ3n) is 8.61. The maximum absolute atomic E-state index is 13.5. The lowest BCUT2D eigenvalue weighted by Crippen LogP contribution is -2.78. The molecular formula is C29H37NO11. The van der Waals surface area contributed by atoms with E-state index in [2.05, 4.69) is 4.98 Å². The number of rotatable bonds is 7. The zero-order valence-electron chi connectivity index (χ0n) is 24.3. The quantitative estimate of drug-likeness (QED) is 0.347. The van der Waals surface area contributed by atoms with Crippen LogP contribution in [0.3, 0.4) is 0 Å². The second-order valence-electron chi connectivity index (χ2n) is 11.6. The first-order chi connectivity index (χ1) is 19.2. The molecule has 12 heteroatoms. The smallest absolute Gasteiger partial charge is 0.340 e. The van der Waals surface area contributed by atoms with Gasteiger partial charge < -0.3 is 28.4 Å². The fourth-order valence-corrected chi connectivity index (χ4v) is 7.29. The van der Waals surface area contributed by atoms with Gasteiger partial charge in [-0.1, -0.05) is 6.92 Å². The molecule has 2 saturated carbocycles. The normalized spacial score (nSPS) is 34.9. The fraction of sp³-hybridized carbons (Fsp3) is 0.655. The average molecular weight is 576 g/mol. The molecule has 4 rings (SSSR count). The maximum Gasteiger partial charge on any atom is 0.340 e. The largest absolute Gasteiger partial charge is 0.465 e. The molecule has 0 aromatic carbocycles. The highest BCUT2D eigenvalue weighted by Gasteiger charge is 2.82. The van der Waals surface area contributed by atoms with Crippen LogP contribution in [0.4, 0.5) is 0 Å². The first-order valence-corrected chi connectivity index (χ1v) is 13.6. The predicted octanol–water partition coefficient (Wildman–Crippen LogP) is 2.56. The van der Waals surface area contributed by atoms with Crippen LogP contribution in [-0.4, -0.2) is 77.1 Å². The molecule has 1 saturated heterocycles. The molecule has 0 radical (unpaired) electrons. The van der Waals surface area contributed by atoms with E-state index in [1.165, 1.54) is 46.2 Å². The summed E-state index contributed by atoms with van der Waals surface area (Å²) in [4.78, 5) is 67.2. The van der Waals surface area contributed by atoms with Gasteiger partial charge in [0, 0.05) is 46.0 Å². The maximum atomic E-state index is 13.5. The van der Waals surface area contributed by atoms with Crippen LogP contribution >= 0.6 is 0 Å². The van der Waals surface area contributed by atoms with Gasteiger partial charge in [-0.25, -0.2) is 4.79 Å². The summed E-state index contributed by atoms with van der Waals surface area (Å²) in [6, 6.07) is 3.12. The Labute approximate surface area is 238 Å². The van der Waals surface area contributed by atoms with Crippen molar-refractivity contribution in [2.24, 2.45) is 17.3 Å². The van der Waals surface area contributed by atoms with Gasteiger partial charge >= 0.3 is 29.8 Å². The van der Waals surface area contributed by atoms with Gasteiger partial charge in [0.1, 0.15) is 35.9 Å². The summed E-state index contributed by atoms with van der Waals surface area (Å²) < 4.78 is 36.3. The number of carbonyl (C=O) groups is 5.